The summed E-state index contributed by atoms with van der Waals surface area (Å²) in [7, 11) is 0. The summed E-state index contributed by atoms with van der Waals surface area (Å²) < 4.78 is 5.67. The number of ether oxygens (including phenoxy) is 1. The predicted octanol–water partition coefficient (Wildman–Crippen LogP) is 6.33. The molecular formula is C28H26Cl3N3O3. The van der Waals surface area contributed by atoms with Crippen molar-refractivity contribution in [1.82, 2.24) is 4.90 Å². The molecule has 0 aliphatic carbocycles. The molecule has 0 saturated carbocycles. The lowest BCUT2D eigenvalue weighted by atomic mass is 10.2. The average molecular weight is 559 g/mol. The molecule has 3 aromatic carbocycles. The van der Waals surface area contributed by atoms with E-state index in [1.54, 1.807) is 30.3 Å². The Morgan fingerprint density at radius 1 is 0.946 bits per heavy atom. The SMILES string of the molecule is Cc1cc(Cl)cc(Cl)c1OCC(=O)Nc1cc(Cl)ccc1N1CCN(C(=O)/C=C/c2ccccc2)CC1. The number of rotatable bonds is 7. The van der Waals surface area contributed by atoms with Crippen molar-refractivity contribution in [2.24, 2.45) is 0 Å². The summed E-state index contributed by atoms with van der Waals surface area (Å²) in [6.45, 7) is 3.93. The first-order valence-corrected chi connectivity index (χ1v) is 12.9. The van der Waals surface area contributed by atoms with Gasteiger partial charge >= 0.3 is 0 Å². The van der Waals surface area contributed by atoms with Gasteiger partial charge in [0.05, 0.1) is 16.4 Å². The van der Waals surface area contributed by atoms with E-state index in [0.29, 0.717) is 52.7 Å². The summed E-state index contributed by atoms with van der Waals surface area (Å²) in [5.41, 5.74) is 3.11. The van der Waals surface area contributed by atoms with E-state index in [2.05, 4.69) is 10.2 Å². The number of amides is 2. The van der Waals surface area contributed by atoms with Crippen LogP contribution in [0.25, 0.3) is 6.08 Å². The summed E-state index contributed by atoms with van der Waals surface area (Å²) in [5, 5.41) is 4.22. The van der Waals surface area contributed by atoms with Crippen molar-refractivity contribution in [3.05, 3.63) is 92.9 Å². The van der Waals surface area contributed by atoms with Gasteiger partial charge in [0.25, 0.3) is 5.91 Å². The minimum absolute atomic E-state index is 0.0264. The second kappa shape index (κ2) is 12.4. The van der Waals surface area contributed by atoms with E-state index >= 15 is 0 Å². The van der Waals surface area contributed by atoms with E-state index in [4.69, 9.17) is 39.5 Å². The van der Waals surface area contributed by atoms with Crippen LogP contribution in [0, 0.1) is 6.92 Å². The highest BCUT2D eigenvalue weighted by molar-refractivity contribution is 6.35. The van der Waals surface area contributed by atoms with Gasteiger partial charge in [-0.3, -0.25) is 9.59 Å². The molecule has 6 nitrogen and oxygen atoms in total. The zero-order valence-corrected chi connectivity index (χ0v) is 22.5. The highest BCUT2D eigenvalue weighted by atomic mass is 35.5. The Hall–Kier alpha value is -3.19. The molecule has 1 aliphatic heterocycles. The minimum Gasteiger partial charge on any atom is -0.482 e. The quantitative estimate of drug-likeness (QED) is 0.344. The molecule has 3 aromatic rings. The van der Waals surface area contributed by atoms with Gasteiger partial charge in [0.15, 0.2) is 6.61 Å². The Balaban J connectivity index is 1.37. The van der Waals surface area contributed by atoms with Crippen LogP contribution in [0.2, 0.25) is 15.1 Å². The number of piperazine rings is 1. The Kier molecular flexibility index (Phi) is 8.98. The number of anilines is 2. The Labute approximate surface area is 231 Å². The van der Waals surface area contributed by atoms with Crippen molar-refractivity contribution < 1.29 is 14.3 Å². The lowest BCUT2D eigenvalue weighted by Gasteiger charge is -2.36. The highest BCUT2D eigenvalue weighted by Crippen LogP contribution is 2.33. The van der Waals surface area contributed by atoms with Gasteiger partial charge in [-0.1, -0.05) is 65.1 Å². The normalized spacial score (nSPS) is 13.6. The Morgan fingerprint density at radius 2 is 1.68 bits per heavy atom. The third-order valence-electron chi connectivity index (χ3n) is 5.92. The van der Waals surface area contributed by atoms with E-state index in [1.807, 2.05) is 54.3 Å². The lowest BCUT2D eigenvalue weighted by Crippen LogP contribution is -2.48. The summed E-state index contributed by atoms with van der Waals surface area (Å²) in [6, 6.07) is 18.4. The summed E-state index contributed by atoms with van der Waals surface area (Å²) in [4.78, 5) is 29.3. The second-order valence-corrected chi connectivity index (χ2v) is 9.87. The maximum absolute atomic E-state index is 12.7. The molecule has 0 unspecified atom stereocenters. The van der Waals surface area contributed by atoms with Crippen molar-refractivity contribution in [3.8, 4) is 5.75 Å². The zero-order chi connectivity index (χ0) is 26.4. The van der Waals surface area contributed by atoms with Crippen LogP contribution in [0.4, 0.5) is 11.4 Å². The van der Waals surface area contributed by atoms with Crippen molar-refractivity contribution in [3.63, 3.8) is 0 Å². The molecule has 4 rings (SSSR count). The van der Waals surface area contributed by atoms with Crippen molar-refractivity contribution in [2.75, 3.05) is 43.0 Å². The van der Waals surface area contributed by atoms with Crippen LogP contribution in [-0.2, 0) is 9.59 Å². The van der Waals surface area contributed by atoms with Crippen LogP contribution in [0.5, 0.6) is 5.75 Å². The first-order valence-electron chi connectivity index (χ1n) is 11.7. The van der Waals surface area contributed by atoms with Crippen LogP contribution in [0.15, 0.2) is 66.7 Å². The van der Waals surface area contributed by atoms with Gasteiger partial charge in [-0.15, -0.1) is 0 Å². The number of hydrogen-bond donors (Lipinski definition) is 1. The number of benzene rings is 3. The molecule has 1 fully saturated rings. The van der Waals surface area contributed by atoms with Gasteiger partial charge in [-0.05, 0) is 54.5 Å². The largest absolute Gasteiger partial charge is 0.482 e. The number of nitrogens with zero attached hydrogens (tertiary/aromatic N) is 2. The molecule has 192 valence electrons. The molecule has 1 aliphatic rings. The molecule has 0 bridgehead atoms. The van der Waals surface area contributed by atoms with Gasteiger partial charge in [-0.2, -0.15) is 0 Å². The van der Waals surface area contributed by atoms with Gasteiger partial charge in [-0.25, -0.2) is 0 Å². The van der Waals surface area contributed by atoms with E-state index in [-0.39, 0.29) is 18.4 Å². The number of halogens is 3. The highest BCUT2D eigenvalue weighted by Gasteiger charge is 2.22. The number of nitrogens with one attached hydrogen (secondary N) is 1. The third-order valence-corrected chi connectivity index (χ3v) is 6.66. The van der Waals surface area contributed by atoms with Gasteiger partial charge in [0.2, 0.25) is 5.91 Å². The average Bonchev–Trinajstić information content (AvgIpc) is 2.87. The number of aryl methyl sites for hydroxylation is 1. The van der Waals surface area contributed by atoms with Crippen molar-refractivity contribution in [1.29, 1.82) is 0 Å². The summed E-state index contributed by atoms with van der Waals surface area (Å²) in [5.74, 6) is 0.0323. The first-order chi connectivity index (χ1) is 17.8. The molecule has 1 saturated heterocycles. The fourth-order valence-electron chi connectivity index (χ4n) is 4.08. The fourth-order valence-corrected chi connectivity index (χ4v) is 4.91. The molecule has 0 radical (unpaired) electrons. The molecule has 9 heteroatoms. The third kappa shape index (κ3) is 7.19. The lowest BCUT2D eigenvalue weighted by molar-refractivity contribution is -0.126. The molecule has 37 heavy (non-hydrogen) atoms. The maximum Gasteiger partial charge on any atom is 0.262 e. The second-order valence-electron chi connectivity index (χ2n) is 8.59. The fraction of sp³-hybridized carbons (Fsp3) is 0.214. The maximum atomic E-state index is 12.7. The smallest absolute Gasteiger partial charge is 0.262 e. The molecule has 0 aromatic heterocycles. The van der Waals surface area contributed by atoms with E-state index in [9.17, 15) is 9.59 Å². The predicted molar refractivity (Wildman–Crippen MR) is 151 cm³/mol. The molecule has 2 amide bonds. The minimum atomic E-state index is -0.353. The molecule has 1 N–H and O–H groups in total. The number of carbonyl (C=O) groups excluding carboxylic acids is 2. The zero-order valence-electron chi connectivity index (χ0n) is 20.2. The number of carbonyl (C=O) groups is 2. The van der Waals surface area contributed by atoms with Gasteiger partial charge in [0, 0.05) is 42.3 Å². The Bertz CT molecular complexity index is 1280. The molecule has 0 atom stereocenters. The topological polar surface area (TPSA) is 61.9 Å². The summed E-state index contributed by atoms with van der Waals surface area (Å²) in [6.07, 6.45) is 3.43. The number of hydrogen-bond acceptors (Lipinski definition) is 4. The van der Waals surface area contributed by atoms with E-state index < -0.39 is 0 Å². The van der Waals surface area contributed by atoms with Gasteiger partial charge in [0.1, 0.15) is 5.75 Å². The van der Waals surface area contributed by atoms with Crippen LogP contribution in [0.3, 0.4) is 0 Å². The first kappa shape index (κ1) is 26.9. The van der Waals surface area contributed by atoms with Crippen LogP contribution in [0.1, 0.15) is 11.1 Å². The van der Waals surface area contributed by atoms with Crippen molar-refractivity contribution >= 4 is 64.1 Å². The van der Waals surface area contributed by atoms with E-state index in [0.717, 1.165) is 16.8 Å². The van der Waals surface area contributed by atoms with Crippen LogP contribution in [-0.4, -0.2) is 49.5 Å². The Morgan fingerprint density at radius 3 is 2.38 bits per heavy atom. The van der Waals surface area contributed by atoms with E-state index in [1.165, 1.54) is 0 Å². The molecular weight excluding hydrogens is 533 g/mol. The van der Waals surface area contributed by atoms with Crippen molar-refractivity contribution in [2.45, 2.75) is 6.92 Å². The molecule has 0 spiro atoms. The van der Waals surface area contributed by atoms with Gasteiger partial charge < -0.3 is 19.9 Å². The monoisotopic (exact) mass is 557 g/mol. The van der Waals surface area contributed by atoms with Crippen LogP contribution >= 0.6 is 34.8 Å². The van der Waals surface area contributed by atoms with Crippen LogP contribution < -0.4 is 15.0 Å². The molecule has 1 heterocycles. The summed E-state index contributed by atoms with van der Waals surface area (Å²) >= 11 is 18.4. The standard InChI is InChI=1S/C28H26Cl3N3O3/c1-19-15-22(30)16-23(31)28(19)37-18-26(35)32-24-17-21(29)8-9-25(24)33-11-13-34(14-12-33)27(36)10-7-20-5-3-2-4-6-20/h2-10,15-17H,11-14,18H2,1H3,(H,32,35)/b10-7+.